The number of benzene rings is 1. The lowest BCUT2D eigenvalue weighted by atomic mass is 10.3. The molecule has 0 unspecified atom stereocenters. The third kappa shape index (κ3) is 3.60. The molecule has 21 heavy (non-hydrogen) atoms. The van der Waals surface area contributed by atoms with Crippen molar-refractivity contribution in [1.29, 1.82) is 0 Å². The van der Waals surface area contributed by atoms with E-state index in [4.69, 9.17) is 21.8 Å². The number of hydrogen-bond donors (Lipinski definition) is 1. The smallest absolute Gasteiger partial charge is 0.257 e. The van der Waals surface area contributed by atoms with Crippen molar-refractivity contribution in [3.63, 3.8) is 0 Å². The van der Waals surface area contributed by atoms with Gasteiger partial charge in [-0.15, -0.1) is 33.3 Å². The van der Waals surface area contributed by atoms with Crippen LogP contribution in [0.5, 0.6) is 0 Å². The lowest BCUT2D eigenvalue weighted by Gasteiger charge is -2.01. The van der Waals surface area contributed by atoms with E-state index in [2.05, 4.69) is 26.1 Å². The second kappa shape index (κ2) is 6.39. The highest BCUT2D eigenvalue weighted by Crippen LogP contribution is 2.32. The van der Waals surface area contributed by atoms with E-state index in [1.54, 1.807) is 29.2 Å². The SMILES string of the molecule is Nc1ccc(SCc2nnc(-c3ccc(Br)s3)o2)cc1Cl. The molecule has 2 heterocycles. The molecule has 0 aliphatic carbocycles. The zero-order valence-electron chi connectivity index (χ0n) is 10.5. The summed E-state index contributed by atoms with van der Waals surface area (Å²) >= 11 is 12.5. The van der Waals surface area contributed by atoms with Gasteiger partial charge < -0.3 is 10.2 Å². The normalized spacial score (nSPS) is 11.0. The Morgan fingerprint density at radius 2 is 2.14 bits per heavy atom. The van der Waals surface area contributed by atoms with Gasteiger partial charge in [0, 0.05) is 4.90 Å². The van der Waals surface area contributed by atoms with E-state index in [0.717, 1.165) is 13.6 Å². The molecule has 0 aliphatic heterocycles. The number of nitrogens with two attached hydrogens (primary N) is 1. The second-order valence-electron chi connectivity index (χ2n) is 4.08. The van der Waals surface area contributed by atoms with Crippen molar-refractivity contribution >= 4 is 56.3 Å². The van der Waals surface area contributed by atoms with Crippen molar-refractivity contribution in [3.8, 4) is 10.8 Å². The number of aromatic nitrogens is 2. The molecule has 8 heteroatoms. The maximum absolute atomic E-state index is 5.99. The van der Waals surface area contributed by atoms with E-state index in [1.165, 1.54) is 0 Å². The molecule has 0 amide bonds. The Bertz CT molecular complexity index is 774. The van der Waals surface area contributed by atoms with E-state index in [-0.39, 0.29) is 0 Å². The molecule has 2 aromatic heterocycles. The standard InChI is InChI=1S/C13H9BrClN3OS2/c14-11-4-3-10(21-11)13-18-17-12(19-13)6-20-7-1-2-9(16)8(15)5-7/h1-5H,6,16H2. The van der Waals surface area contributed by atoms with Gasteiger partial charge in [0.05, 0.1) is 25.1 Å². The summed E-state index contributed by atoms with van der Waals surface area (Å²) in [6, 6.07) is 9.43. The van der Waals surface area contributed by atoms with Crippen molar-refractivity contribution in [1.82, 2.24) is 10.2 Å². The van der Waals surface area contributed by atoms with Crippen molar-refractivity contribution in [3.05, 3.63) is 45.0 Å². The quantitative estimate of drug-likeness (QED) is 0.486. The Morgan fingerprint density at radius 3 is 2.86 bits per heavy atom. The highest BCUT2D eigenvalue weighted by atomic mass is 79.9. The van der Waals surface area contributed by atoms with Crippen LogP contribution in [0, 0.1) is 0 Å². The molecule has 0 bridgehead atoms. The van der Waals surface area contributed by atoms with Crippen LogP contribution in [0.15, 0.2) is 43.4 Å². The molecular weight excluding hydrogens is 394 g/mol. The first kappa shape index (κ1) is 14.9. The molecule has 108 valence electrons. The molecule has 0 saturated heterocycles. The predicted octanol–water partition coefficient (Wildman–Crippen LogP) is 5.09. The topological polar surface area (TPSA) is 64.9 Å². The molecule has 0 atom stereocenters. The van der Waals surface area contributed by atoms with E-state index in [1.807, 2.05) is 24.3 Å². The van der Waals surface area contributed by atoms with Crippen LogP contribution in [-0.4, -0.2) is 10.2 Å². The van der Waals surface area contributed by atoms with Crippen LogP contribution in [0.1, 0.15) is 5.89 Å². The predicted molar refractivity (Wildman–Crippen MR) is 90.7 cm³/mol. The first-order valence-corrected chi connectivity index (χ1v) is 8.85. The third-order valence-corrected chi connectivity index (χ3v) is 5.50. The van der Waals surface area contributed by atoms with Gasteiger partial charge in [0.25, 0.3) is 5.89 Å². The summed E-state index contributed by atoms with van der Waals surface area (Å²) in [6.45, 7) is 0. The molecule has 0 spiro atoms. The van der Waals surface area contributed by atoms with Gasteiger partial charge in [-0.2, -0.15) is 0 Å². The van der Waals surface area contributed by atoms with Crippen molar-refractivity contribution in [2.24, 2.45) is 0 Å². The maximum atomic E-state index is 5.99. The second-order valence-corrected chi connectivity index (χ2v) is 8.00. The Kier molecular flexibility index (Phi) is 4.54. The van der Waals surface area contributed by atoms with Crippen molar-refractivity contribution in [2.75, 3.05) is 5.73 Å². The van der Waals surface area contributed by atoms with Crippen LogP contribution < -0.4 is 5.73 Å². The summed E-state index contributed by atoms with van der Waals surface area (Å²) in [5, 5.41) is 8.66. The molecule has 0 aliphatic rings. The van der Waals surface area contributed by atoms with Gasteiger partial charge in [0.15, 0.2) is 0 Å². The fourth-order valence-corrected chi connectivity index (χ4v) is 3.91. The van der Waals surface area contributed by atoms with E-state index in [9.17, 15) is 0 Å². The van der Waals surface area contributed by atoms with Gasteiger partial charge in [-0.05, 0) is 46.3 Å². The van der Waals surface area contributed by atoms with E-state index < -0.39 is 0 Å². The number of halogens is 2. The van der Waals surface area contributed by atoms with Crippen LogP contribution >= 0.6 is 50.6 Å². The summed E-state index contributed by atoms with van der Waals surface area (Å²) in [7, 11) is 0. The molecule has 4 nitrogen and oxygen atoms in total. The van der Waals surface area contributed by atoms with Crippen LogP contribution in [0.3, 0.4) is 0 Å². The highest BCUT2D eigenvalue weighted by Gasteiger charge is 2.11. The van der Waals surface area contributed by atoms with Crippen LogP contribution in [0.2, 0.25) is 5.02 Å². The lowest BCUT2D eigenvalue weighted by Crippen LogP contribution is -1.86. The van der Waals surface area contributed by atoms with Gasteiger partial charge in [-0.1, -0.05) is 11.6 Å². The molecule has 3 aromatic rings. The molecule has 2 N–H and O–H groups in total. The van der Waals surface area contributed by atoms with Gasteiger partial charge in [-0.3, -0.25) is 0 Å². The summed E-state index contributed by atoms with van der Waals surface area (Å²) < 4.78 is 6.68. The number of hydrogen-bond acceptors (Lipinski definition) is 6. The minimum atomic E-state index is 0.539. The van der Waals surface area contributed by atoms with E-state index >= 15 is 0 Å². The molecular formula is C13H9BrClN3OS2. The number of anilines is 1. The monoisotopic (exact) mass is 401 g/mol. The average Bonchev–Trinajstić information content (AvgIpc) is 3.09. The first-order valence-electron chi connectivity index (χ1n) is 5.88. The fourth-order valence-electron chi connectivity index (χ4n) is 1.58. The third-order valence-electron chi connectivity index (χ3n) is 2.59. The molecule has 1 aromatic carbocycles. The largest absolute Gasteiger partial charge is 0.419 e. The van der Waals surface area contributed by atoms with Gasteiger partial charge in [0.1, 0.15) is 0 Å². The number of thioether (sulfide) groups is 1. The number of thiophene rings is 1. The minimum Gasteiger partial charge on any atom is -0.419 e. The summed E-state index contributed by atoms with van der Waals surface area (Å²) in [5.74, 6) is 1.70. The fraction of sp³-hybridized carbons (Fsp3) is 0.0769. The van der Waals surface area contributed by atoms with Crippen LogP contribution in [0.25, 0.3) is 10.8 Å². The molecule has 0 radical (unpaired) electrons. The van der Waals surface area contributed by atoms with E-state index in [0.29, 0.717) is 28.2 Å². The minimum absolute atomic E-state index is 0.539. The van der Waals surface area contributed by atoms with Crippen molar-refractivity contribution < 1.29 is 4.42 Å². The zero-order valence-corrected chi connectivity index (χ0v) is 14.5. The Morgan fingerprint density at radius 1 is 1.29 bits per heavy atom. The van der Waals surface area contributed by atoms with Crippen LogP contribution in [-0.2, 0) is 5.75 Å². The Labute approximate surface area is 142 Å². The number of nitrogen functional groups attached to an aromatic ring is 1. The number of rotatable bonds is 4. The van der Waals surface area contributed by atoms with Gasteiger partial charge >= 0.3 is 0 Å². The molecule has 0 saturated carbocycles. The highest BCUT2D eigenvalue weighted by molar-refractivity contribution is 9.11. The number of nitrogens with zero attached hydrogens (tertiary/aromatic N) is 2. The van der Waals surface area contributed by atoms with Gasteiger partial charge in [-0.25, -0.2) is 0 Å². The summed E-state index contributed by atoms with van der Waals surface area (Å²) in [6.07, 6.45) is 0. The van der Waals surface area contributed by atoms with Crippen molar-refractivity contribution in [2.45, 2.75) is 10.6 Å². The van der Waals surface area contributed by atoms with Gasteiger partial charge in [0.2, 0.25) is 5.89 Å². The molecule has 0 fully saturated rings. The Hall–Kier alpha value is -1.02. The summed E-state index contributed by atoms with van der Waals surface area (Å²) in [5.41, 5.74) is 6.25. The summed E-state index contributed by atoms with van der Waals surface area (Å²) in [4.78, 5) is 1.95. The zero-order chi connectivity index (χ0) is 14.8. The Balaban J connectivity index is 1.68. The lowest BCUT2D eigenvalue weighted by molar-refractivity contribution is 0.529. The first-order chi connectivity index (χ1) is 10.1. The molecule has 3 rings (SSSR count). The van der Waals surface area contributed by atoms with Crippen LogP contribution in [0.4, 0.5) is 5.69 Å². The maximum Gasteiger partial charge on any atom is 0.257 e. The average molecular weight is 403 g/mol.